The van der Waals surface area contributed by atoms with Crippen LogP contribution in [0, 0.1) is 0 Å². The summed E-state index contributed by atoms with van der Waals surface area (Å²) in [6.07, 6.45) is 3.97. The van der Waals surface area contributed by atoms with Crippen LogP contribution >= 0.6 is 11.6 Å². The zero-order valence-electron chi connectivity index (χ0n) is 5.83. The van der Waals surface area contributed by atoms with Crippen LogP contribution < -0.4 is 0 Å². The van der Waals surface area contributed by atoms with Crippen LogP contribution in [0.2, 0.25) is 5.82 Å². The zero-order valence-corrected chi connectivity index (χ0v) is 6.59. The van der Waals surface area contributed by atoms with Crippen molar-refractivity contribution < 1.29 is 10.0 Å². The van der Waals surface area contributed by atoms with Gasteiger partial charge in [0.1, 0.15) is 0 Å². The molecular formula is C6H12BClO2. The van der Waals surface area contributed by atoms with Gasteiger partial charge in [-0.05, 0) is 6.42 Å². The van der Waals surface area contributed by atoms with Crippen molar-refractivity contribution >= 4 is 18.7 Å². The van der Waals surface area contributed by atoms with Crippen molar-refractivity contribution in [3.05, 3.63) is 0 Å². The first kappa shape index (κ1) is 8.37. The minimum Gasteiger partial charge on any atom is -0.427 e. The monoisotopic (exact) mass is 162 g/mol. The molecule has 0 aromatic carbocycles. The second kappa shape index (κ2) is 3.60. The first-order valence-corrected chi connectivity index (χ1v) is 4.15. The van der Waals surface area contributed by atoms with Gasteiger partial charge in [-0.25, -0.2) is 0 Å². The first-order valence-electron chi connectivity index (χ1n) is 3.72. The van der Waals surface area contributed by atoms with E-state index in [-0.39, 0.29) is 11.2 Å². The van der Waals surface area contributed by atoms with Crippen molar-refractivity contribution in [2.75, 3.05) is 0 Å². The highest BCUT2D eigenvalue weighted by atomic mass is 35.5. The zero-order chi connectivity index (χ0) is 7.56. The summed E-state index contributed by atoms with van der Waals surface area (Å²) in [6.45, 7) is 0. The van der Waals surface area contributed by atoms with E-state index in [1.54, 1.807) is 0 Å². The first-order chi connectivity index (χ1) is 4.72. The molecular weight excluding hydrogens is 150 g/mol. The van der Waals surface area contributed by atoms with E-state index in [0.29, 0.717) is 0 Å². The normalized spacial score (nSPS) is 33.9. The molecule has 1 aliphatic carbocycles. The predicted molar refractivity (Wildman–Crippen MR) is 42.1 cm³/mol. The van der Waals surface area contributed by atoms with Gasteiger partial charge in [-0.2, -0.15) is 0 Å². The molecule has 0 spiro atoms. The van der Waals surface area contributed by atoms with Crippen molar-refractivity contribution in [3.8, 4) is 0 Å². The van der Waals surface area contributed by atoms with E-state index in [2.05, 4.69) is 0 Å². The number of hydrogen-bond acceptors (Lipinski definition) is 2. The Morgan fingerprint density at radius 3 is 2.20 bits per heavy atom. The average Bonchev–Trinajstić information content (AvgIpc) is 1.88. The Morgan fingerprint density at radius 1 is 1.20 bits per heavy atom. The minimum atomic E-state index is -1.22. The van der Waals surface area contributed by atoms with Gasteiger partial charge >= 0.3 is 7.12 Å². The van der Waals surface area contributed by atoms with E-state index in [0.717, 1.165) is 25.7 Å². The van der Waals surface area contributed by atoms with Crippen LogP contribution in [0.5, 0.6) is 0 Å². The molecule has 0 radical (unpaired) electrons. The number of hydrogen-bond donors (Lipinski definition) is 2. The number of rotatable bonds is 1. The Morgan fingerprint density at radius 2 is 1.80 bits per heavy atom. The van der Waals surface area contributed by atoms with Crippen LogP contribution in [0.15, 0.2) is 0 Å². The van der Waals surface area contributed by atoms with E-state index >= 15 is 0 Å². The van der Waals surface area contributed by atoms with E-state index < -0.39 is 7.12 Å². The third-order valence-electron chi connectivity index (χ3n) is 2.11. The van der Waals surface area contributed by atoms with Gasteiger partial charge < -0.3 is 10.0 Å². The van der Waals surface area contributed by atoms with E-state index in [1.165, 1.54) is 0 Å². The molecule has 1 saturated carbocycles. The van der Waals surface area contributed by atoms with E-state index in [1.807, 2.05) is 0 Å². The maximum absolute atomic E-state index is 8.82. The molecule has 2 atom stereocenters. The molecule has 58 valence electrons. The molecule has 2 unspecified atom stereocenters. The van der Waals surface area contributed by atoms with Gasteiger partial charge in [0.15, 0.2) is 0 Å². The third-order valence-corrected chi connectivity index (χ3v) is 2.66. The lowest BCUT2D eigenvalue weighted by Crippen LogP contribution is -2.29. The van der Waals surface area contributed by atoms with Crippen LogP contribution in [-0.2, 0) is 0 Å². The maximum Gasteiger partial charge on any atom is 0.456 e. The Labute approximate surface area is 66.3 Å². The lowest BCUT2D eigenvalue weighted by Gasteiger charge is -2.25. The fourth-order valence-electron chi connectivity index (χ4n) is 1.45. The Kier molecular flexibility index (Phi) is 3.02. The van der Waals surface area contributed by atoms with Crippen LogP contribution in [-0.4, -0.2) is 22.5 Å². The highest BCUT2D eigenvalue weighted by Crippen LogP contribution is 2.33. The maximum atomic E-state index is 8.82. The lowest BCUT2D eigenvalue weighted by atomic mass is 9.65. The molecule has 0 amide bonds. The molecule has 2 N–H and O–H groups in total. The second-order valence-electron chi connectivity index (χ2n) is 2.88. The van der Waals surface area contributed by atoms with Gasteiger partial charge in [0.2, 0.25) is 0 Å². The molecule has 1 aliphatic rings. The summed E-state index contributed by atoms with van der Waals surface area (Å²) in [5, 5.41) is 17.6. The molecule has 1 rings (SSSR count). The van der Waals surface area contributed by atoms with Crippen molar-refractivity contribution in [1.29, 1.82) is 0 Å². The summed E-state index contributed by atoms with van der Waals surface area (Å²) in [5.74, 6) is -0.101. The molecule has 4 heteroatoms. The highest BCUT2D eigenvalue weighted by molar-refractivity contribution is 6.45. The molecule has 0 heterocycles. The van der Waals surface area contributed by atoms with Crippen molar-refractivity contribution in [2.45, 2.75) is 36.9 Å². The predicted octanol–water partition coefficient (Wildman–Crippen LogP) is 1.01. The number of alkyl halides is 1. The molecule has 0 aromatic heterocycles. The lowest BCUT2D eigenvalue weighted by molar-refractivity contribution is 0.354. The average molecular weight is 162 g/mol. The summed E-state index contributed by atoms with van der Waals surface area (Å²) >= 11 is 5.86. The quantitative estimate of drug-likeness (QED) is 0.446. The SMILES string of the molecule is OB(O)C1CCCCC1Cl. The molecule has 0 bridgehead atoms. The van der Waals surface area contributed by atoms with Gasteiger partial charge in [0.25, 0.3) is 0 Å². The molecule has 1 fully saturated rings. The summed E-state index contributed by atoms with van der Waals surface area (Å²) in [5.41, 5.74) is 0. The summed E-state index contributed by atoms with van der Waals surface area (Å²) < 4.78 is 0. The largest absolute Gasteiger partial charge is 0.456 e. The van der Waals surface area contributed by atoms with Gasteiger partial charge in [-0.1, -0.05) is 19.3 Å². The van der Waals surface area contributed by atoms with E-state index in [9.17, 15) is 0 Å². The fraction of sp³-hybridized carbons (Fsp3) is 1.00. The van der Waals surface area contributed by atoms with E-state index in [4.69, 9.17) is 21.6 Å². The van der Waals surface area contributed by atoms with Crippen LogP contribution in [0.1, 0.15) is 25.7 Å². The summed E-state index contributed by atoms with van der Waals surface area (Å²) in [7, 11) is -1.22. The number of halogens is 1. The summed E-state index contributed by atoms with van der Waals surface area (Å²) in [6, 6.07) is 0. The standard InChI is InChI=1S/C6H12BClO2/c8-6-4-2-1-3-5(6)7(9)10/h5-6,9-10H,1-4H2. The van der Waals surface area contributed by atoms with Gasteiger partial charge in [0, 0.05) is 11.2 Å². The minimum absolute atomic E-state index is 0.0336. The fourth-order valence-corrected chi connectivity index (χ4v) is 1.86. The highest BCUT2D eigenvalue weighted by Gasteiger charge is 2.32. The second-order valence-corrected chi connectivity index (χ2v) is 3.44. The van der Waals surface area contributed by atoms with Gasteiger partial charge in [0.05, 0.1) is 0 Å². The van der Waals surface area contributed by atoms with Crippen molar-refractivity contribution in [1.82, 2.24) is 0 Å². The van der Waals surface area contributed by atoms with Crippen molar-refractivity contribution in [2.24, 2.45) is 0 Å². The molecule has 0 aliphatic heterocycles. The Hall–Kier alpha value is 0.275. The third kappa shape index (κ3) is 1.88. The Bertz CT molecular complexity index is 110. The smallest absolute Gasteiger partial charge is 0.427 e. The molecule has 10 heavy (non-hydrogen) atoms. The van der Waals surface area contributed by atoms with Crippen LogP contribution in [0.4, 0.5) is 0 Å². The topological polar surface area (TPSA) is 40.5 Å². The van der Waals surface area contributed by atoms with Crippen LogP contribution in [0.25, 0.3) is 0 Å². The Balaban J connectivity index is 2.40. The molecule has 0 aromatic rings. The van der Waals surface area contributed by atoms with Gasteiger partial charge in [-0.3, -0.25) is 0 Å². The van der Waals surface area contributed by atoms with Crippen molar-refractivity contribution in [3.63, 3.8) is 0 Å². The molecule has 2 nitrogen and oxygen atoms in total. The summed E-state index contributed by atoms with van der Waals surface area (Å²) in [4.78, 5) is 0. The van der Waals surface area contributed by atoms with Gasteiger partial charge in [-0.15, -0.1) is 11.6 Å². The molecule has 0 saturated heterocycles. The van der Waals surface area contributed by atoms with Crippen LogP contribution in [0.3, 0.4) is 0 Å².